The number of H-pyrrole nitrogens is 1. The molecule has 0 radical (unpaired) electrons. The summed E-state index contributed by atoms with van der Waals surface area (Å²) in [6, 6.07) is 8.32. The number of hydrogen-bond acceptors (Lipinski definition) is 2. The molecule has 0 spiro atoms. The zero-order valence-electron chi connectivity index (χ0n) is 10.9. The fraction of sp³-hybridized carbons (Fsp3) is 0.333. The van der Waals surface area contributed by atoms with E-state index in [2.05, 4.69) is 29.0 Å². The van der Waals surface area contributed by atoms with Gasteiger partial charge in [0, 0.05) is 11.1 Å². The molecule has 0 aliphatic carbocycles. The summed E-state index contributed by atoms with van der Waals surface area (Å²) in [6.45, 7) is 4.14. The number of hydrogen-bond donors (Lipinski definition) is 1. The molecule has 3 heteroatoms. The number of aromatic nitrogens is 2. The topological polar surface area (TPSA) is 45.8 Å². The fourth-order valence-electron chi connectivity index (χ4n) is 2.12. The van der Waals surface area contributed by atoms with Gasteiger partial charge in [0.05, 0.1) is 12.0 Å². The first-order valence-electron chi connectivity index (χ1n) is 6.42. The van der Waals surface area contributed by atoms with Crippen molar-refractivity contribution in [2.24, 2.45) is 0 Å². The molecule has 3 nitrogen and oxygen atoms in total. The van der Waals surface area contributed by atoms with Gasteiger partial charge in [-0.2, -0.15) is 0 Å². The largest absolute Gasteiger partial charge is 0.313 e. The van der Waals surface area contributed by atoms with E-state index in [1.807, 2.05) is 19.1 Å². The van der Waals surface area contributed by atoms with Crippen LogP contribution >= 0.6 is 0 Å². The van der Waals surface area contributed by atoms with Crippen molar-refractivity contribution in [2.45, 2.75) is 33.1 Å². The highest BCUT2D eigenvalue weighted by molar-refractivity contribution is 5.62. The number of nitrogens with zero attached hydrogens (tertiary/aromatic N) is 1. The molecule has 94 valence electrons. The van der Waals surface area contributed by atoms with Crippen LogP contribution in [0.1, 0.15) is 31.4 Å². The van der Waals surface area contributed by atoms with Crippen LogP contribution < -0.4 is 5.56 Å². The van der Waals surface area contributed by atoms with Crippen molar-refractivity contribution >= 4 is 0 Å². The first-order valence-corrected chi connectivity index (χ1v) is 6.42. The highest BCUT2D eigenvalue weighted by Crippen LogP contribution is 2.20. The van der Waals surface area contributed by atoms with Crippen LogP contribution in [0.4, 0.5) is 0 Å². The number of aryl methyl sites for hydroxylation is 1. The van der Waals surface area contributed by atoms with Crippen molar-refractivity contribution in [3.63, 3.8) is 0 Å². The quantitative estimate of drug-likeness (QED) is 0.896. The molecule has 0 aliphatic rings. The third-order valence-electron chi connectivity index (χ3n) is 3.07. The molecule has 1 aromatic heterocycles. The Labute approximate surface area is 107 Å². The maximum atomic E-state index is 11.7. The molecule has 0 saturated heterocycles. The Balaban J connectivity index is 2.42. The predicted molar refractivity (Wildman–Crippen MR) is 73.7 cm³/mol. The summed E-state index contributed by atoms with van der Waals surface area (Å²) in [7, 11) is 0. The van der Waals surface area contributed by atoms with E-state index in [9.17, 15) is 4.79 Å². The minimum atomic E-state index is -0.0415. The van der Waals surface area contributed by atoms with Gasteiger partial charge in [0.1, 0.15) is 0 Å². The van der Waals surface area contributed by atoms with E-state index in [0.29, 0.717) is 6.42 Å². The van der Waals surface area contributed by atoms with Crippen molar-refractivity contribution in [1.29, 1.82) is 0 Å². The third-order valence-corrected chi connectivity index (χ3v) is 3.07. The van der Waals surface area contributed by atoms with Crippen LogP contribution in [0.5, 0.6) is 0 Å². The van der Waals surface area contributed by atoms with Crippen LogP contribution in [0.3, 0.4) is 0 Å². The van der Waals surface area contributed by atoms with Crippen LogP contribution in [0.2, 0.25) is 0 Å². The molecule has 0 unspecified atom stereocenters. The Morgan fingerprint density at radius 2 is 1.89 bits per heavy atom. The van der Waals surface area contributed by atoms with E-state index in [1.165, 1.54) is 11.9 Å². The van der Waals surface area contributed by atoms with Crippen molar-refractivity contribution in [3.8, 4) is 11.3 Å². The number of nitrogens with one attached hydrogen (secondary N) is 1. The Kier molecular flexibility index (Phi) is 3.92. The monoisotopic (exact) mass is 242 g/mol. The molecule has 18 heavy (non-hydrogen) atoms. The minimum absolute atomic E-state index is 0.0415. The van der Waals surface area contributed by atoms with E-state index in [0.717, 1.165) is 29.7 Å². The second-order valence-corrected chi connectivity index (χ2v) is 4.36. The molecule has 0 atom stereocenters. The summed E-state index contributed by atoms with van der Waals surface area (Å²) in [4.78, 5) is 18.6. The van der Waals surface area contributed by atoms with E-state index in [4.69, 9.17) is 0 Å². The lowest BCUT2D eigenvalue weighted by atomic mass is 10.0. The summed E-state index contributed by atoms with van der Waals surface area (Å²) in [6.07, 6.45) is 4.39. The fourth-order valence-corrected chi connectivity index (χ4v) is 2.12. The zero-order valence-corrected chi connectivity index (χ0v) is 10.9. The first kappa shape index (κ1) is 12.6. The molecule has 1 heterocycles. The SMILES string of the molecule is CCCc1ccc(-c2nc[nH]c(=O)c2CC)cc1. The first-order chi connectivity index (χ1) is 8.76. The normalized spacial score (nSPS) is 10.6. The van der Waals surface area contributed by atoms with Gasteiger partial charge in [-0.25, -0.2) is 4.98 Å². The minimum Gasteiger partial charge on any atom is -0.313 e. The van der Waals surface area contributed by atoms with Gasteiger partial charge >= 0.3 is 0 Å². The van der Waals surface area contributed by atoms with Crippen LogP contribution in [0.25, 0.3) is 11.3 Å². The molecular weight excluding hydrogens is 224 g/mol. The highest BCUT2D eigenvalue weighted by atomic mass is 16.1. The van der Waals surface area contributed by atoms with Crippen LogP contribution in [0, 0.1) is 0 Å². The molecule has 0 aliphatic heterocycles. The lowest BCUT2D eigenvalue weighted by molar-refractivity contribution is 0.922. The van der Waals surface area contributed by atoms with Crippen LogP contribution in [0.15, 0.2) is 35.4 Å². The second kappa shape index (κ2) is 5.63. The Morgan fingerprint density at radius 3 is 2.50 bits per heavy atom. The van der Waals surface area contributed by atoms with Crippen LogP contribution in [-0.4, -0.2) is 9.97 Å². The Hall–Kier alpha value is -1.90. The molecular formula is C15H18N2O. The molecule has 0 amide bonds. The van der Waals surface area contributed by atoms with E-state index >= 15 is 0 Å². The van der Waals surface area contributed by atoms with Gasteiger partial charge < -0.3 is 4.98 Å². The lowest BCUT2D eigenvalue weighted by Gasteiger charge is -2.06. The maximum Gasteiger partial charge on any atom is 0.254 e. The lowest BCUT2D eigenvalue weighted by Crippen LogP contribution is -2.14. The van der Waals surface area contributed by atoms with Gasteiger partial charge in [-0.1, -0.05) is 44.5 Å². The summed E-state index contributed by atoms with van der Waals surface area (Å²) in [5, 5.41) is 0. The smallest absolute Gasteiger partial charge is 0.254 e. The van der Waals surface area contributed by atoms with Gasteiger partial charge in [0.25, 0.3) is 5.56 Å². The number of rotatable bonds is 4. The Bertz CT molecular complexity index is 570. The number of benzene rings is 1. The van der Waals surface area contributed by atoms with Crippen molar-refractivity contribution in [1.82, 2.24) is 9.97 Å². The average Bonchev–Trinajstić information content (AvgIpc) is 2.40. The summed E-state index contributed by atoms with van der Waals surface area (Å²) >= 11 is 0. The molecule has 1 N–H and O–H groups in total. The predicted octanol–water partition coefficient (Wildman–Crippen LogP) is 2.95. The van der Waals surface area contributed by atoms with Gasteiger partial charge in [-0.3, -0.25) is 4.79 Å². The zero-order chi connectivity index (χ0) is 13.0. The van der Waals surface area contributed by atoms with Gasteiger partial charge in [-0.05, 0) is 18.4 Å². The molecule has 0 saturated carbocycles. The number of aromatic amines is 1. The third kappa shape index (κ3) is 2.50. The van der Waals surface area contributed by atoms with Gasteiger partial charge in [0.15, 0.2) is 0 Å². The second-order valence-electron chi connectivity index (χ2n) is 4.36. The molecule has 2 rings (SSSR count). The van der Waals surface area contributed by atoms with E-state index < -0.39 is 0 Å². The van der Waals surface area contributed by atoms with Crippen molar-refractivity contribution in [3.05, 3.63) is 52.1 Å². The van der Waals surface area contributed by atoms with E-state index in [1.54, 1.807) is 0 Å². The van der Waals surface area contributed by atoms with Gasteiger partial charge in [-0.15, -0.1) is 0 Å². The van der Waals surface area contributed by atoms with Gasteiger partial charge in [0.2, 0.25) is 0 Å². The summed E-state index contributed by atoms with van der Waals surface area (Å²) < 4.78 is 0. The standard InChI is InChI=1S/C15H18N2O/c1-3-5-11-6-8-12(9-7-11)14-13(4-2)15(18)17-10-16-14/h6-10H,3-5H2,1-2H3,(H,16,17,18). The molecule has 1 aromatic carbocycles. The highest BCUT2D eigenvalue weighted by Gasteiger charge is 2.08. The molecule has 2 aromatic rings. The maximum absolute atomic E-state index is 11.7. The van der Waals surface area contributed by atoms with Crippen molar-refractivity contribution in [2.75, 3.05) is 0 Å². The van der Waals surface area contributed by atoms with Crippen LogP contribution in [-0.2, 0) is 12.8 Å². The van der Waals surface area contributed by atoms with E-state index in [-0.39, 0.29) is 5.56 Å². The molecule has 0 fully saturated rings. The average molecular weight is 242 g/mol. The molecule has 0 bridgehead atoms. The summed E-state index contributed by atoms with van der Waals surface area (Å²) in [5.41, 5.74) is 3.84. The van der Waals surface area contributed by atoms with Crippen molar-refractivity contribution < 1.29 is 0 Å². The summed E-state index contributed by atoms with van der Waals surface area (Å²) in [5.74, 6) is 0. The Morgan fingerprint density at radius 1 is 1.17 bits per heavy atom.